The van der Waals surface area contributed by atoms with E-state index in [4.69, 9.17) is 14.2 Å². The summed E-state index contributed by atoms with van der Waals surface area (Å²) in [6.07, 6.45) is 88.3. The van der Waals surface area contributed by atoms with Crippen molar-refractivity contribution >= 4 is 17.9 Å². The van der Waals surface area contributed by atoms with Crippen molar-refractivity contribution < 1.29 is 28.6 Å². The Bertz CT molecular complexity index is 1560. The number of hydrogen-bond acceptors (Lipinski definition) is 6. The van der Waals surface area contributed by atoms with Crippen LogP contribution in [-0.4, -0.2) is 37.2 Å². The molecule has 0 aromatic rings. The zero-order valence-corrected chi connectivity index (χ0v) is 50.4. The molecule has 0 aliphatic heterocycles. The fraction of sp³-hybridized carbons (Fsp3) is 0.704. The van der Waals surface area contributed by atoms with Crippen LogP contribution in [-0.2, 0) is 28.6 Å². The van der Waals surface area contributed by atoms with Crippen molar-refractivity contribution in [3.8, 4) is 0 Å². The predicted octanol–water partition coefficient (Wildman–Crippen LogP) is 22.2. The third-order valence-corrected chi connectivity index (χ3v) is 13.8. The van der Waals surface area contributed by atoms with Gasteiger partial charge in [0.1, 0.15) is 13.2 Å². The van der Waals surface area contributed by atoms with Crippen molar-refractivity contribution in [1.82, 2.24) is 0 Å². The lowest BCUT2D eigenvalue weighted by atomic mass is 10.1. The highest BCUT2D eigenvalue weighted by Gasteiger charge is 2.19. The molecule has 0 N–H and O–H groups in total. The van der Waals surface area contributed by atoms with E-state index >= 15 is 0 Å². The second-order valence-electron chi connectivity index (χ2n) is 21.3. The lowest BCUT2D eigenvalue weighted by molar-refractivity contribution is -0.167. The Hall–Kier alpha value is -3.93. The van der Waals surface area contributed by atoms with Gasteiger partial charge < -0.3 is 14.2 Å². The molecular formula is C71H120O6. The zero-order valence-electron chi connectivity index (χ0n) is 50.4. The lowest BCUT2D eigenvalue weighted by Gasteiger charge is -2.18. The average Bonchev–Trinajstić information content (AvgIpc) is 3.43. The molecule has 0 heterocycles. The number of carbonyl (C=O) groups excluding carboxylic acids is 3. The van der Waals surface area contributed by atoms with Gasteiger partial charge in [-0.15, -0.1) is 0 Å². The minimum Gasteiger partial charge on any atom is -0.462 e. The summed E-state index contributed by atoms with van der Waals surface area (Å²) in [6.45, 7) is 6.49. The first-order valence-corrected chi connectivity index (χ1v) is 32.4. The van der Waals surface area contributed by atoms with Gasteiger partial charge in [0, 0.05) is 19.3 Å². The molecule has 6 nitrogen and oxygen atoms in total. The fourth-order valence-electron chi connectivity index (χ4n) is 8.92. The molecule has 0 aliphatic rings. The van der Waals surface area contributed by atoms with Gasteiger partial charge >= 0.3 is 17.9 Å². The van der Waals surface area contributed by atoms with Gasteiger partial charge in [0.25, 0.3) is 0 Å². The number of allylic oxidation sites excluding steroid dienone is 18. The summed E-state index contributed by atoms with van der Waals surface area (Å²) in [4.78, 5) is 38.1. The maximum absolute atomic E-state index is 12.9. The summed E-state index contributed by atoms with van der Waals surface area (Å²) in [5.74, 6) is -0.900. The van der Waals surface area contributed by atoms with Gasteiger partial charge in [-0.05, 0) is 109 Å². The van der Waals surface area contributed by atoms with Crippen LogP contribution >= 0.6 is 0 Å². The third kappa shape index (κ3) is 62.8. The van der Waals surface area contributed by atoms with Gasteiger partial charge in [-0.3, -0.25) is 14.4 Å². The molecular weight excluding hydrogens is 949 g/mol. The quantitative estimate of drug-likeness (QED) is 0.0261. The summed E-state index contributed by atoms with van der Waals surface area (Å²) < 4.78 is 16.8. The van der Waals surface area contributed by atoms with Crippen LogP contribution in [0.1, 0.15) is 303 Å². The maximum atomic E-state index is 12.9. The van der Waals surface area contributed by atoms with Gasteiger partial charge in [-0.2, -0.15) is 0 Å². The van der Waals surface area contributed by atoms with Crippen LogP contribution in [0.3, 0.4) is 0 Å². The topological polar surface area (TPSA) is 78.9 Å². The summed E-state index contributed by atoms with van der Waals surface area (Å²) in [5, 5.41) is 0. The summed E-state index contributed by atoms with van der Waals surface area (Å²) >= 11 is 0. The molecule has 0 rings (SSSR count). The van der Waals surface area contributed by atoms with Crippen LogP contribution in [0.4, 0.5) is 0 Å². The summed E-state index contributed by atoms with van der Waals surface area (Å²) in [5.41, 5.74) is 0. The Labute approximate surface area is 476 Å². The van der Waals surface area contributed by atoms with Gasteiger partial charge in [0.2, 0.25) is 0 Å². The van der Waals surface area contributed by atoms with E-state index in [2.05, 4.69) is 130 Å². The van der Waals surface area contributed by atoms with E-state index in [9.17, 15) is 14.4 Å². The smallest absolute Gasteiger partial charge is 0.306 e. The van der Waals surface area contributed by atoms with Crippen LogP contribution in [0.2, 0.25) is 0 Å². The highest BCUT2D eigenvalue weighted by molar-refractivity contribution is 5.71. The van der Waals surface area contributed by atoms with Gasteiger partial charge in [0.05, 0.1) is 0 Å². The molecule has 0 fully saturated rings. The molecule has 0 bridgehead atoms. The Balaban J connectivity index is 4.18. The Kier molecular flexibility index (Phi) is 61.3. The second kappa shape index (κ2) is 64.6. The third-order valence-electron chi connectivity index (χ3n) is 13.8. The normalized spacial score (nSPS) is 12.8. The molecule has 0 aliphatic carbocycles. The number of carbonyl (C=O) groups is 3. The molecule has 0 amide bonds. The average molecular weight is 1070 g/mol. The number of hydrogen-bond donors (Lipinski definition) is 0. The highest BCUT2D eigenvalue weighted by atomic mass is 16.6. The number of ether oxygens (including phenoxy) is 3. The van der Waals surface area contributed by atoms with Crippen molar-refractivity contribution in [2.75, 3.05) is 13.2 Å². The van der Waals surface area contributed by atoms with Crippen LogP contribution in [0.15, 0.2) is 109 Å². The molecule has 0 radical (unpaired) electrons. The monoisotopic (exact) mass is 1070 g/mol. The van der Waals surface area contributed by atoms with Crippen molar-refractivity contribution in [2.24, 2.45) is 0 Å². The molecule has 440 valence electrons. The van der Waals surface area contributed by atoms with Crippen LogP contribution in [0.25, 0.3) is 0 Å². The minimum atomic E-state index is -0.784. The summed E-state index contributed by atoms with van der Waals surface area (Å²) in [6, 6.07) is 0. The van der Waals surface area contributed by atoms with Gasteiger partial charge in [-0.1, -0.05) is 284 Å². The number of unbranched alkanes of at least 4 members (excludes halogenated alkanes) is 29. The SMILES string of the molecule is CC/C=C\C/C=C\C/C=C\C/C=C\C/C=C\C/C=C\C/C=C\C/C=C\CCCCCCCCC(=O)OCC(COC(=O)CCCCCCCCC)OC(=O)CCCCCCCCCCC/C=C\CCCCCCCCCC. The number of esters is 3. The molecule has 77 heavy (non-hydrogen) atoms. The first-order valence-electron chi connectivity index (χ1n) is 32.4. The Morgan fingerprint density at radius 1 is 0.273 bits per heavy atom. The zero-order chi connectivity index (χ0) is 55.7. The Morgan fingerprint density at radius 2 is 0.506 bits per heavy atom. The molecule has 0 spiro atoms. The van der Waals surface area contributed by atoms with E-state index in [-0.39, 0.29) is 31.1 Å². The van der Waals surface area contributed by atoms with Crippen molar-refractivity contribution in [1.29, 1.82) is 0 Å². The van der Waals surface area contributed by atoms with Crippen LogP contribution in [0, 0.1) is 0 Å². The van der Waals surface area contributed by atoms with E-state index < -0.39 is 6.10 Å². The largest absolute Gasteiger partial charge is 0.462 e. The fourth-order valence-corrected chi connectivity index (χ4v) is 8.92. The van der Waals surface area contributed by atoms with Gasteiger partial charge in [0.15, 0.2) is 6.10 Å². The van der Waals surface area contributed by atoms with E-state index in [0.717, 1.165) is 122 Å². The molecule has 0 aromatic heterocycles. The number of rotatable bonds is 58. The molecule has 1 unspecified atom stereocenters. The standard InChI is InChI=1S/C71H120O6/c1-4-7-10-13-16-18-20-22-24-26-28-30-31-32-33-34-35-36-37-38-39-41-42-44-46-48-50-52-55-58-61-64-70(73)76-67-68(66-75-69(72)63-60-57-54-15-12-9-6-3)77-71(74)65-62-59-56-53-51-49-47-45-43-40-29-27-25-23-21-19-17-14-11-8-5-2/h7,10,16,18,22,24,27-30,32-33,35-36,38-39,42,44,68H,4-6,8-9,11-15,17,19-21,23,25-26,31,34,37,40-41,43,45-67H2,1-3H3/b10-7-,18-16-,24-22-,29-27-,30-28-,33-32-,36-35-,39-38-,44-42-. The van der Waals surface area contributed by atoms with E-state index in [0.29, 0.717) is 19.3 Å². The van der Waals surface area contributed by atoms with Crippen molar-refractivity contribution in [3.63, 3.8) is 0 Å². The molecule has 1 atom stereocenters. The van der Waals surface area contributed by atoms with Crippen molar-refractivity contribution in [2.45, 2.75) is 309 Å². The van der Waals surface area contributed by atoms with E-state index in [1.807, 2.05) is 0 Å². The molecule has 0 saturated carbocycles. The van der Waals surface area contributed by atoms with E-state index in [1.165, 1.54) is 141 Å². The van der Waals surface area contributed by atoms with Crippen molar-refractivity contribution in [3.05, 3.63) is 109 Å². The van der Waals surface area contributed by atoms with Gasteiger partial charge in [-0.25, -0.2) is 0 Å². The predicted molar refractivity (Wildman–Crippen MR) is 334 cm³/mol. The summed E-state index contributed by atoms with van der Waals surface area (Å²) in [7, 11) is 0. The highest BCUT2D eigenvalue weighted by Crippen LogP contribution is 2.16. The van der Waals surface area contributed by atoms with Crippen LogP contribution in [0.5, 0.6) is 0 Å². The first-order chi connectivity index (χ1) is 38.0. The molecule has 6 heteroatoms. The first kappa shape index (κ1) is 73.1. The van der Waals surface area contributed by atoms with E-state index in [1.54, 1.807) is 0 Å². The maximum Gasteiger partial charge on any atom is 0.306 e. The minimum absolute atomic E-state index is 0.0824. The second-order valence-corrected chi connectivity index (χ2v) is 21.3. The van der Waals surface area contributed by atoms with Crippen LogP contribution < -0.4 is 0 Å². The Morgan fingerprint density at radius 3 is 0.805 bits per heavy atom. The molecule has 0 saturated heterocycles. The lowest BCUT2D eigenvalue weighted by Crippen LogP contribution is -2.30. The molecule has 0 aromatic carbocycles.